The van der Waals surface area contributed by atoms with Crippen LogP contribution in [0.5, 0.6) is 5.75 Å². The van der Waals surface area contributed by atoms with Crippen LogP contribution in [0.1, 0.15) is 5.69 Å². The second-order valence-corrected chi connectivity index (χ2v) is 2.65. The van der Waals surface area contributed by atoms with Gasteiger partial charge in [0.15, 0.2) is 12.4 Å². The lowest BCUT2D eigenvalue weighted by atomic mass is 10.4. The van der Waals surface area contributed by atoms with Gasteiger partial charge in [0.25, 0.3) is 5.95 Å². The number of ether oxygens (including phenoxy) is 1. The average Bonchev–Trinajstić information content (AvgIpc) is 2.00. The van der Waals surface area contributed by atoms with Crippen molar-refractivity contribution in [1.29, 1.82) is 0 Å². The maximum absolute atomic E-state index is 12.8. The number of halogens is 4. The maximum Gasteiger partial charge on any atom is 0.422 e. The van der Waals surface area contributed by atoms with Gasteiger partial charge in [-0.25, -0.2) is 4.98 Å². The van der Waals surface area contributed by atoms with E-state index in [1.165, 1.54) is 13.0 Å². The molecule has 0 radical (unpaired) electrons. The Kier molecular flexibility index (Phi) is 2.93. The van der Waals surface area contributed by atoms with Gasteiger partial charge in [-0.3, -0.25) is 0 Å². The molecule has 0 N–H and O–H groups in total. The molecule has 6 heteroatoms. The van der Waals surface area contributed by atoms with Gasteiger partial charge in [-0.15, -0.1) is 0 Å². The van der Waals surface area contributed by atoms with Crippen molar-refractivity contribution >= 4 is 0 Å². The number of pyridine rings is 1. The van der Waals surface area contributed by atoms with Gasteiger partial charge in [-0.2, -0.15) is 17.6 Å². The first-order chi connectivity index (χ1) is 6.38. The third kappa shape index (κ3) is 3.20. The molecule has 78 valence electrons. The van der Waals surface area contributed by atoms with Gasteiger partial charge < -0.3 is 4.74 Å². The number of hydrogen-bond acceptors (Lipinski definition) is 2. The molecule has 0 aliphatic heterocycles. The first-order valence-corrected chi connectivity index (χ1v) is 3.71. The van der Waals surface area contributed by atoms with Gasteiger partial charge >= 0.3 is 6.18 Å². The lowest BCUT2D eigenvalue weighted by molar-refractivity contribution is -0.153. The Hall–Kier alpha value is -1.33. The summed E-state index contributed by atoms with van der Waals surface area (Å²) in [6, 6.07) is 2.48. The summed E-state index contributed by atoms with van der Waals surface area (Å²) in [5.74, 6) is -1.53. The molecule has 0 unspecified atom stereocenters. The highest BCUT2D eigenvalue weighted by Crippen LogP contribution is 2.20. The first kappa shape index (κ1) is 10.7. The summed E-state index contributed by atoms with van der Waals surface area (Å²) >= 11 is 0. The molecule has 0 aromatic carbocycles. The summed E-state index contributed by atoms with van der Waals surface area (Å²) in [6.07, 6.45) is -4.47. The average molecular weight is 209 g/mol. The molecule has 0 bridgehead atoms. The highest BCUT2D eigenvalue weighted by molar-refractivity contribution is 5.21. The van der Waals surface area contributed by atoms with E-state index in [0.29, 0.717) is 5.69 Å². The van der Waals surface area contributed by atoms with Crippen LogP contribution in [0.3, 0.4) is 0 Å². The van der Waals surface area contributed by atoms with Crippen molar-refractivity contribution in [2.75, 3.05) is 6.61 Å². The largest absolute Gasteiger partial charge is 0.479 e. The van der Waals surface area contributed by atoms with Crippen LogP contribution in [0.25, 0.3) is 0 Å². The van der Waals surface area contributed by atoms with Gasteiger partial charge in [0.05, 0.1) is 0 Å². The Bertz CT molecular complexity index is 324. The Morgan fingerprint density at radius 2 is 2.00 bits per heavy atom. The number of hydrogen-bond donors (Lipinski definition) is 0. The van der Waals surface area contributed by atoms with Crippen LogP contribution in [-0.2, 0) is 0 Å². The van der Waals surface area contributed by atoms with Gasteiger partial charge in [0, 0.05) is 5.69 Å². The molecule has 0 amide bonds. The maximum atomic E-state index is 12.8. The standard InChI is InChI=1S/C8H7F4NO/c1-5-2-3-6(7(9)13-5)14-4-8(10,11)12/h2-3H,4H2,1H3. The van der Waals surface area contributed by atoms with Crippen molar-refractivity contribution in [3.8, 4) is 5.75 Å². The smallest absolute Gasteiger partial charge is 0.422 e. The summed E-state index contributed by atoms with van der Waals surface area (Å²) in [4.78, 5) is 3.32. The molecule has 1 rings (SSSR count). The Morgan fingerprint density at radius 1 is 1.36 bits per heavy atom. The molecular formula is C8H7F4NO. The predicted octanol–water partition coefficient (Wildman–Crippen LogP) is 2.47. The fraction of sp³-hybridized carbons (Fsp3) is 0.375. The van der Waals surface area contributed by atoms with Crippen molar-refractivity contribution in [3.63, 3.8) is 0 Å². The normalized spacial score (nSPS) is 11.5. The number of nitrogens with zero attached hydrogens (tertiary/aromatic N) is 1. The van der Waals surface area contributed by atoms with E-state index in [2.05, 4.69) is 9.72 Å². The Morgan fingerprint density at radius 3 is 2.50 bits per heavy atom. The van der Waals surface area contributed by atoms with E-state index >= 15 is 0 Å². The molecule has 0 fully saturated rings. The molecule has 0 saturated heterocycles. The highest BCUT2D eigenvalue weighted by atomic mass is 19.4. The van der Waals surface area contributed by atoms with E-state index in [9.17, 15) is 17.6 Å². The van der Waals surface area contributed by atoms with E-state index in [-0.39, 0.29) is 0 Å². The minimum absolute atomic E-state index is 0.377. The summed E-state index contributed by atoms with van der Waals surface area (Å²) < 4.78 is 52.1. The van der Waals surface area contributed by atoms with Crippen LogP contribution in [0.15, 0.2) is 12.1 Å². The van der Waals surface area contributed by atoms with Crippen LogP contribution in [0, 0.1) is 12.9 Å². The third-order valence-electron chi connectivity index (χ3n) is 1.35. The lowest BCUT2D eigenvalue weighted by Gasteiger charge is -2.09. The molecule has 0 aliphatic rings. The van der Waals surface area contributed by atoms with E-state index in [1.807, 2.05) is 0 Å². The van der Waals surface area contributed by atoms with Gasteiger partial charge in [-0.1, -0.05) is 0 Å². The van der Waals surface area contributed by atoms with Gasteiger partial charge in [0.1, 0.15) is 0 Å². The molecular weight excluding hydrogens is 202 g/mol. The van der Waals surface area contributed by atoms with E-state index in [1.54, 1.807) is 0 Å². The molecule has 0 saturated carbocycles. The molecule has 0 aliphatic carbocycles. The number of aryl methyl sites for hydroxylation is 1. The fourth-order valence-electron chi connectivity index (χ4n) is 0.779. The third-order valence-corrected chi connectivity index (χ3v) is 1.35. The molecule has 1 heterocycles. The molecule has 2 nitrogen and oxygen atoms in total. The van der Waals surface area contributed by atoms with E-state index in [4.69, 9.17) is 0 Å². The van der Waals surface area contributed by atoms with Gasteiger partial charge in [0.2, 0.25) is 0 Å². The van der Waals surface area contributed by atoms with Crippen molar-refractivity contribution in [3.05, 3.63) is 23.8 Å². The van der Waals surface area contributed by atoms with E-state index in [0.717, 1.165) is 6.07 Å². The first-order valence-electron chi connectivity index (χ1n) is 3.71. The summed E-state index contributed by atoms with van der Waals surface area (Å²) in [6.45, 7) is 0.00524. The highest BCUT2D eigenvalue weighted by Gasteiger charge is 2.29. The second kappa shape index (κ2) is 3.81. The van der Waals surface area contributed by atoms with Crippen LogP contribution in [0.2, 0.25) is 0 Å². The number of rotatable bonds is 2. The summed E-state index contributed by atoms with van der Waals surface area (Å²) in [5, 5.41) is 0. The number of aromatic nitrogens is 1. The monoisotopic (exact) mass is 209 g/mol. The summed E-state index contributed by atoms with van der Waals surface area (Å²) in [5.41, 5.74) is 0.377. The predicted molar refractivity (Wildman–Crippen MR) is 40.5 cm³/mol. The minimum atomic E-state index is -4.47. The molecule has 1 aromatic rings. The number of alkyl halides is 3. The lowest BCUT2D eigenvalue weighted by Crippen LogP contribution is -2.19. The van der Waals surface area contributed by atoms with Gasteiger partial charge in [-0.05, 0) is 19.1 Å². The van der Waals surface area contributed by atoms with Crippen LogP contribution in [-0.4, -0.2) is 17.8 Å². The Balaban J connectivity index is 2.68. The minimum Gasteiger partial charge on any atom is -0.479 e. The van der Waals surface area contributed by atoms with E-state index < -0.39 is 24.5 Å². The molecule has 0 atom stereocenters. The quantitative estimate of drug-likeness (QED) is 0.551. The van der Waals surface area contributed by atoms with Crippen LogP contribution >= 0.6 is 0 Å². The zero-order valence-corrected chi connectivity index (χ0v) is 7.23. The van der Waals surface area contributed by atoms with Crippen molar-refractivity contribution in [1.82, 2.24) is 4.98 Å². The van der Waals surface area contributed by atoms with Crippen molar-refractivity contribution in [2.24, 2.45) is 0 Å². The zero-order valence-electron chi connectivity index (χ0n) is 7.23. The molecule has 1 aromatic heterocycles. The fourth-order valence-corrected chi connectivity index (χ4v) is 0.779. The topological polar surface area (TPSA) is 22.1 Å². The summed E-state index contributed by atoms with van der Waals surface area (Å²) in [7, 11) is 0. The molecule has 14 heavy (non-hydrogen) atoms. The molecule has 0 spiro atoms. The second-order valence-electron chi connectivity index (χ2n) is 2.65. The van der Waals surface area contributed by atoms with Crippen molar-refractivity contribution in [2.45, 2.75) is 13.1 Å². The SMILES string of the molecule is Cc1ccc(OCC(F)(F)F)c(F)n1. The van der Waals surface area contributed by atoms with Crippen LogP contribution in [0.4, 0.5) is 17.6 Å². The van der Waals surface area contributed by atoms with Crippen molar-refractivity contribution < 1.29 is 22.3 Å². The van der Waals surface area contributed by atoms with Crippen LogP contribution < -0.4 is 4.74 Å². The Labute approximate surface area is 77.5 Å². The zero-order chi connectivity index (χ0) is 10.8.